The molecule has 0 spiro atoms. The SMILES string of the molecule is Nc1ncccc1CC(=O)C(N)c1cccs1. The molecule has 0 bridgehead atoms. The molecule has 0 aromatic carbocycles. The highest BCUT2D eigenvalue weighted by molar-refractivity contribution is 7.10. The number of hydrogen-bond acceptors (Lipinski definition) is 5. The second-order valence-corrected chi connectivity index (χ2v) is 4.66. The molecule has 0 aliphatic heterocycles. The number of carbonyl (C=O) groups is 1. The van der Waals surface area contributed by atoms with Crippen LogP contribution in [0.1, 0.15) is 16.5 Å². The maximum absolute atomic E-state index is 12.0. The number of carbonyl (C=O) groups excluding carboxylic acids is 1. The van der Waals surface area contributed by atoms with E-state index in [2.05, 4.69) is 4.98 Å². The Labute approximate surface area is 103 Å². The molecule has 0 saturated carbocycles. The van der Waals surface area contributed by atoms with Crippen molar-refractivity contribution in [2.24, 2.45) is 5.73 Å². The summed E-state index contributed by atoms with van der Waals surface area (Å²) < 4.78 is 0. The van der Waals surface area contributed by atoms with Crippen molar-refractivity contribution in [3.8, 4) is 0 Å². The third-order valence-corrected chi connectivity index (χ3v) is 3.44. The molecule has 2 rings (SSSR count). The van der Waals surface area contributed by atoms with Gasteiger partial charge in [0.25, 0.3) is 0 Å². The summed E-state index contributed by atoms with van der Waals surface area (Å²) in [5.74, 6) is 0.339. The summed E-state index contributed by atoms with van der Waals surface area (Å²) in [7, 11) is 0. The van der Waals surface area contributed by atoms with Gasteiger partial charge in [0.15, 0.2) is 5.78 Å². The fraction of sp³-hybridized carbons (Fsp3) is 0.167. The van der Waals surface area contributed by atoms with E-state index in [4.69, 9.17) is 11.5 Å². The van der Waals surface area contributed by atoms with E-state index < -0.39 is 6.04 Å². The van der Waals surface area contributed by atoms with Gasteiger partial charge in [-0.05, 0) is 17.5 Å². The minimum Gasteiger partial charge on any atom is -0.383 e. The van der Waals surface area contributed by atoms with Crippen molar-refractivity contribution < 1.29 is 4.79 Å². The predicted octanol–water partition coefficient (Wildman–Crippen LogP) is 1.54. The average Bonchev–Trinajstić information content (AvgIpc) is 2.84. The topological polar surface area (TPSA) is 82.0 Å². The minimum absolute atomic E-state index is 0.0489. The molecule has 0 amide bonds. The lowest BCUT2D eigenvalue weighted by molar-refractivity contribution is -0.119. The van der Waals surface area contributed by atoms with Crippen molar-refractivity contribution in [3.05, 3.63) is 46.3 Å². The number of nitrogen functional groups attached to an aromatic ring is 1. The molecule has 1 atom stereocenters. The maximum atomic E-state index is 12.0. The fourth-order valence-corrected chi connectivity index (χ4v) is 2.27. The van der Waals surface area contributed by atoms with Crippen LogP contribution in [0.4, 0.5) is 5.82 Å². The fourth-order valence-electron chi connectivity index (χ4n) is 1.52. The number of nitrogens with zero attached hydrogens (tertiary/aromatic N) is 1. The molecule has 1 unspecified atom stereocenters. The van der Waals surface area contributed by atoms with Gasteiger partial charge in [-0.15, -0.1) is 11.3 Å². The molecule has 88 valence electrons. The van der Waals surface area contributed by atoms with Gasteiger partial charge in [0.05, 0.1) is 6.04 Å². The molecule has 2 aromatic rings. The highest BCUT2D eigenvalue weighted by Gasteiger charge is 2.17. The highest BCUT2D eigenvalue weighted by atomic mass is 32.1. The summed E-state index contributed by atoms with van der Waals surface area (Å²) in [6.07, 6.45) is 1.82. The monoisotopic (exact) mass is 247 g/mol. The number of anilines is 1. The number of rotatable bonds is 4. The van der Waals surface area contributed by atoms with Crippen molar-refractivity contribution in [3.63, 3.8) is 0 Å². The Morgan fingerprint density at radius 2 is 2.24 bits per heavy atom. The van der Waals surface area contributed by atoms with Gasteiger partial charge in [-0.3, -0.25) is 4.79 Å². The normalized spacial score (nSPS) is 12.3. The van der Waals surface area contributed by atoms with E-state index in [1.807, 2.05) is 17.5 Å². The molecular weight excluding hydrogens is 234 g/mol. The smallest absolute Gasteiger partial charge is 0.159 e. The third-order valence-electron chi connectivity index (χ3n) is 2.49. The van der Waals surface area contributed by atoms with E-state index in [9.17, 15) is 4.79 Å². The van der Waals surface area contributed by atoms with Crippen LogP contribution in [-0.2, 0) is 11.2 Å². The molecule has 17 heavy (non-hydrogen) atoms. The van der Waals surface area contributed by atoms with Crippen LogP contribution in [0, 0.1) is 0 Å². The lowest BCUT2D eigenvalue weighted by Gasteiger charge is -2.09. The zero-order valence-electron chi connectivity index (χ0n) is 9.17. The van der Waals surface area contributed by atoms with Crippen molar-refractivity contribution in [1.29, 1.82) is 0 Å². The first kappa shape index (κ1) is 11.8. The van der Waals surface area contributed by atoms with E-state index >= 15 is 0 Å². The molecule has 0 radical (unpaired) electrons. The van der Waals surface area contributed by atoms with E-state index in [0.29, 0.717) is 5.82 Å². The Hall–Kier alpha value is -1.72. The van der Waals surface area contributed by atoms with Crippen molar-refractivity contribution in [1.82, 2.24) is 4.98 Å². The van der Waals surface area contributed by atoms with Gasteiger partial charge in [-0.25, -0.2) is 4.98 Å². The highest BCUT2D eigenvalue weighted by Crippen LogP contribution is 2.20. The number of Topliss-reactive ketones (excluding diaryl/α,β-unsaturated/α-hetero) is 1. The Morgan fingerprint density at radius 1 is 1.41 bits per heavy atom. The molecule has 2 aromatic heterocycles. The molecular formula is C12H13N3OS. The van der Waals surface area contributed by atoms with Gasteiger partial charge in [-0.1, -0.05) is 12.1 Å². The number of pyridine rings is 1. The van der Waals surface area contributed by atoms with Gasteiger partial charge >= 0.3 is 0 Å². The summed E-state index contributed by atoms with van der Waals surface area (Å²) in [4.78, 5) is 16.8. The third kappa shape index (κ3) is 2.69. The van der Waals surface area contributed by atoms with Crippen LogP contribution in [-0.4, -0.2) is 10.8 Å². The van der Waals surface area contributed by atoms with Crippen LogP contribution in [0.3, 0.4) is 0 Å². The second kappa shape index (κ2) is 5.07. The maximum Gasteiger partial charge on any atom is 0.159 e. The molecule has 0 fully saturated rings. The van der Waals surface area contributed by atoms with E-state index in [-0.39, 0.29) is 12.2 Å². The molecule has 0 aliphatic carbocycles. The van der Waals surface area contributed by atoms with Crippen LogP contribution in [0.5, 0.6) is 0 Å². The Balaban J connectivity index is 2.10. The van der Waals surface area contributed by atoms with Crippen LogP contribution in [0.15, 0.2) is 35.8 Å². The van der Waals surface area contributed by atoms with Crippen molar-refractivity contribution >= 4 is 22.9 Å². The number of thiophene rings is 1. The molecule has 4 N–H and O–H groups in total. The van der Waals surface area contributed by atoms with Crippen molar-refractivity contribution in [2.75, 3.05) is 5.73 Å². The average molecular weight is 247 g/mol. The van der Waals surface area contributed by atoms with Gasteiger partial charge in [0, 0.05) is 23.1 Å². The van der Waals surface area contributed by atoms with Crippen molar-refractivity contribution in [2.45, 2.75) is 12.5 Å². The number of aromatic nitrogens is 1. The van der Waals surface area contributed by atoms with Crippen LogP contribution in [0.25, 0.3) is 0 Å². The van der Waals surface area contributed by atoms with Crippen LogP contribution >= 0.6 is 11.3 Å². The lowest BCUT2D eigenvalue weighted by Crippen LogP contribution is -2.22. The molecule has 4 nitrogen and oxygen atoms in total. The largest absolute Gasteiger partial charge is 0.383 e. The summed E-state index contributed by atoms with van der Waals surface area (Å²) in [6, 6.07) is 6.72. The molecule has 5 heteroatoms. The lowest BCUT2D eigenvalue weighted by atomic mass is 10.0. The second-order valence-electron chi connectivity index (χ2n) is 3.68. The number of ketones is 1. The summed E-state index contributed by atoms with van der Waals surface area (Å²) in [5.41, 5.74) is 12.3. The molecule has 0 aliphatic rings. The van der Waals surface area contributed by atoms with E-state index in [1.165, 1.54) is 11.3 Å². The molecule has 2 heterocycles. The molecule has 0 saturated heterocycles. The summed E-state index contributed by atoms with van der Waals surface area (Å²) in [5, 5.41) is 1.90. The number of hydrogen-bond donors (Lipinski definition) is 2. The zero-order valence-corrected chi connectivity index (χ0v) is 9.98. The Kier molecular flexibility index (Phi) is 3.51. The van der Waals surface area contributed by atoms with E-state index in [1.54, 1.807) is 18.3 Å². The van der Waals surface area contributed by atoms with E-state index in [0.717, 1.165) is 10.4 Å². The Morgan fingerprint density at radius 3 is 2.88 bits per heavy atom. The van der Waals surface area contributed by atoms with Gasteiger partial charge in [0.2, 0.25) is 0 Å². The standard InChI is InChI=1S/C12H13N3OS/c13-11(10-4-2-6-17-10)9(16)7-8-3-1-5-15-12(8)14/h1-6,11H,7,13H2,(H2,14,15). The quantitative estimate of drug-likeness (QED) is 0.858. The van der Waals surface area contributed by atoms with Gasteiger partial charge in [-0.2, -0.15) is 0 Å². The zero-order chi connectivity index (χ0) is 12.3. The number of nitrogens with two attached hydrogens (primary N) is 2. The first-order chi connectivity index (χ1) is 8.18. The minimum atomic E-state index is -0.574. The Bertz CT molecular complexity index is 510. The predicted molar refractivity (Wildman–Crippen MR) is 68.6 cm³/mol. The van der Waals surface area contributed by atoms with Crippen LogP contribution in [0.2, 0.25) is 0 Å². The van der Waals surface area contributed by atoms with Crippen LogP contribution < -0.4 is 11.5 Å². The van der Waals surface area contributed by atoms with Gasteiger partial charge in [0.1, 0.15) is 5.82 Å². The summed E-state index contributed by atoms with van der Waals surface area (Å²) >= 11 is 1.48. The first-order valence-electron chi connectivity index (χ1n) is 5.19. The summed E-state index contributed by atoms with van der Waals surface area (Å²) in [6.45, 7) is 0. The first-order valence-corrected chi connectivity index (χ1v) is 6.07. The van der Waals surface area contributed by atoms with Gasteiger partial charge < -0.3 is 11.5 Å².